The summed E-state index contributed by atoms with van der Waals surface area (Å²) < 4.78 is 0. The molecule has 0 amide bonds. The van der Waals surface area contributed by atoms with E-state index in [2.05, 4.69) is 5.32 Å². The van der Waals surface area contributed by atoms with E-state index in [9.17, 15) is 10.2 Å². The Kier molecular flexibility index (Phi) is 4.52. The second-order valence-electron chi connectivity index (χ2n) is 4.27. The van der Waals surface area contributed by atoms with E-state index < -0.39 is 18.8 Å². The molecule has 0 aliphatic rings. The van der Waals surface area contributed by atoms with Crippen LogP contribution in [-0.4, -0.2) is 28.0 Å². The van der Waals surface area contributed by atoms with Gasteiger partial charge in [-0.3, -0.25) is 0 Å². The third-order valence-electron chi connectivity index (χ3n) is 2.88. The van der Waals surface area contributed by atoms with Crippen LogP contribution in [0.1, 0.15) is 11.7 Å². The standard InChI is InChI=1S/C15H17NO3/c17-10-14(18)15(19)12-8-4-5-9-13(12)16-11-6-2-1-3-7-11/h1-9,14-19H,10H2. The molecular weight excluding hydrogens is 242 g/mol. The number of hydrogen-bond acceptors (Lipinski definition) is 4. The van der Waals surface area contributed by atoms with E-state index in [1.165, 1.54) is 0 Å². The molecule has 2 unspecified atom stereocenters. The van der Waals surface area contributed by atoms with Crippen molar-refractivity contribution in [3.8, 4) is 0 Å². The molecule has 0 saturated carbocycles. The Bertz CT molecular complexity index is 516. The molecule has 0 aliphatic carbocycles. The molecule has 4 nitrogen and oxygen atoms in total. The van der Waals surface area contributed by atoms with E-state index in [1.54, 1.807) is 12.1 Å². The van der Waals surface area contributed by atoms with Crippen LogP contribution in [0.3, 0.4) is 0 Å². The summed E-state index contributed by atoms with van der Waals surface area (Å²) in [7, 11) is 0. The van der Waals surface area contributed by atoms with Crippen LogP contribution in [0.15, 0.2) is 54.6 Å². The zero-order chi connectivity index (χ0) is 13.7. The summed E-state index contributed by atoms with van der Waals surface area (Å²) in [6.07, 6.45) is -2.32. The zero-order valence-corrected chi connectivity index (χ0v) is 10.4. The molecule has 0 aromatic heterocycles. The fraction of sp³-hybridized carbons (Fsp3) is 0.200. The third-order valence-corrected chi connectivity index (χ3v) is 2.88. The number of para-hydroxylation sites is 2. The summed E-state index contributed by atoms with van der Waals surface area (Å²) in [5, 5.41) is 31.6. The second-order valence-corrected chi connectivity index (χ2v) is 4.27. The van der Waals surface area contributed by atoms with Crippen LogP contribution >= 0.6 is 0 Å². The Labute approximate surface area is 112 Å². The minimum Gasteiger partial charge on any atom is -0.394 e. The van der Waals surface area contributed by atoms with Gasteiger partial charge in [-0.2, -0.15) is 0 Å². The highest BCUT2D eigenvalue weighted by molar-refractivity contribution is 5.63. The lowest BCUT2D eigenvalue weighted by atomic mass is 10.0. The predicted molar refractivity (Wildman–Crippen MR) is 74.2 cm³/mol. The maximum absolute atomic E-state index is 10.00. The molecule has 0 fully saturated rings. The number of aliphatic hydroxyl groups excluding tert-OH is 3. The average Bonchev–Trinajstić information content (AvgIpc) is 2.47. The molecule has 2 aromatic carbocycles. The summed E-state index contributed by atoms with van der Waals surface area (Å²) in [5.74, 6) is 0. The van der Waals surface area contributed by atoms with Gasteiger partial charge in [-0.25, -0.2) is 0 Å². The molecule has 0 saturated heterocycles. The molecule has 100 valence electrons. The predicted octanol–water partition coefficient (Wildman–Crippen LogP) is 1.82. The molecule has 0 heterocycles. The van der Waals surface area contributed by atoms with Crippen LogP contribution in [0.4, 0.5) is 11.4 Å². The normalized spacial score (nSPS) is 13.8. The summed E-state index contributed by atoms with van der Waals surface area (Å²) in [5.41, 5.74) is 2.14. The van der Waals surface area contributed by atoms with Gasteiger partial charge in [-0.15, -0.1) is 0 Å². The van der Waals surface area contributed by atoms with E-state index in [0.717, 1.165) is 5.69 Å². The Morgan fingerprint density at radius 3 is 2.21 bits per heavy atom. The molecule has 2 atom stereocenters. The number of aliphatic hydroxyl groups is 3. The SMILES string of the molecule is OCC(O)C(O)c1ccccc1Nc1ccccc1. The number of nitrogens with one attached hydrogen (secondary N) is 1. The summed E-state index contributed by atoms with van der Waals surface area (Å²) in [6.45, 7) is -0.485. The van der Waals surface area contributed by atoms with Gasteiger partial charge in [0.2, 0.25) is 0 Å². The first-order chi connectivity index (χ1) is 9.22. The van der Waals surface area contributed by atoms with E-state index in [1.807, 2.05) is 42.5 Å². The monoisotopic (exact) mass is 259 g/mol. The van der Waals surface area contributed by atoms with Crippen LogP contribution in [-0.2, 0) is 0 Å². The zero-order valence-electron chi connectivity index (χ0n) is 10.4. The number of hydrogen-bond donors (Lipinski definition) is 4. The molecule has 4 heteroatoms. The van der Waals surface area contributed by atoms with Crippen molar-refractivity contribution in [2.75, 3.05) is 11.9 Å². The molecule has 0 bridgehead atoms. The first-order valence-electron chi connectivity index (χ1n) is 6.10. The smallest absolute Gasteiger partial charge is 0.109 e. The number of benzene rings is 2. The van der Waals surface area contributed by atoms with Gasteiger partial charge in [0.05, 0.1) is 6.61 Å². The summed E-state index contributed by atoms with van der Waals surface area (Å²) in [6, 6.07) is 16.7. The number of rotatable bonds is 5. The molecule has 2 rings (SSSR count). The van der Waals surface area contributed by atoms with Gasteiger partial charge < -0.3 is 20.6 Å². The Balaban J connectivity index is 2.26. The largest absolute Gasteiger partial charge is 0.394 e. The van der Waals surface area contributed by atoms with Crippen molar-refractivity contribution < 1.29 is 15.3 Å². The van der Waals surface area contributed by atoms with Crippen molar-refractivity contribution in [2.45, 2.75) is 12.2 Å². The highest BCUT2D eigenvalue weighted by atomic mass is 16.4. The lowest BCUT2D eigenvalue weighted by molar-refractivity contribution is -0.0149. The van der Waals surface area contributed by atoms with Crippen molar-refractivity contribution >= 4 is 11.4 Å². The minimum absolute atomic E-state index is 0.485. The molecular formula is C15H17NO3. The van der Waals surface area contributed by atoms with E-state index in [-0.39, 0.29) is 0 Å². The van der Waals surface area contributed by atoms with Crippen molar-refractivity contribution in [2.24, 2.45) is 0 Å². The molecule has 0 aliphatic heterocycles. The molecule has 0 radical (unpaired) electrons. The highest BCUT2D eigenvalue weighted by Crippen LogP contribution is 2.27. The van der Waals surface area contributed by atoms with E-state index in [4.69, 9.17) is 5.11 Å². The van der Waals surface area contributed by atoms with Crippen LogP contribution < -0.4 is 5.32 Å². The fourth-order valence-corrected chi connectivity index (χ4v) is 1.85. The first-order valence-corrected chi connectivity index (χ1v) is 6.10. The lowest BCUT2D eigenvalue weighted by Gasteiger charge is -2.20. The van der Waals surface area contributed by atoms with Gasteiger partial charge in [0.25, 0.3) is 0 Å². The van der Waals surface area contributed by atoms with Crippen LogP contribution in [0.2, 0.25) is 0 Å². The van der Waals surface area contributed by atoms with Crippen LogP contribution in [0.5, 0.6) is 0 Å². The van der Waals surface area contributed by atoms with Gasteiger partial charge in [-0.05, 0) is 18.2 Å². The third kappa shape index (κ3) is 3.32. The van der Waals surface area contributed by atoms with Gasteiger partial charge in [0.15, 0.2) is 0 Å². The van der Waals surface area contributed by atoms with Crippen molar-refractivity contribution in [1.82, 2.24) is 0 Å². The molecule has 19 heavy (non-hydrogen) atoms. The topological polar surface area (TPSA) is 72.7 Å². The Morgan fingerprint density at radius 1 is 0.895 bits per heavy atom. The maximum Gasteiger partial charge on any atom is 0.109 e. The Hall–Kier alpha value is -1.88. The molecule has 0 spiro atoms. The minimum atomic E-state index is -1.20. The molecule has 4 N–H and O–H groups in total. The highest BCUT2D eigenvalue weighted by Gasteiger charge is 2.20. The quantitative estimate of drug-likeness (QED) is 0.661. The molecule has 2 aromatic rings. The Morgan fingerprint density at radius 2 is 1.53 bits per heavy atom. The summed E-state index contributed by atoms with van der Waals surface area (Å²) in [4.78, 5) is 0. The van der Waals surface area contributed by atoms with Crippen molar-refractivity contribution in [3.05, 3.63) is 60.2 Å². The average molecular weight is 259 g/mol. The van der Waals surface area contributed by atoms with Crippen molar-refractivity contribution in [3.63, 3.8) is 0 Å². The second kappa shape index (κ2) is 6.33. The van der Waals surface area contributed by atoms with Crippen molar-refractivity contribution in [1.29, 1.82) is 0 Å². The van der Waals surface area contributed by atoms with E-state index in [0.29, 0.717) is 11.3 Å². The van der Waals surface area contributed by atoms with Gasteiger partial charge in [0.1, 0.15) is 12.2 Å². The van der Waals surface area contributed by atoms with Gasteiger partial charge in [-0.1, -0.05) is 36.4 Å². The first kappa shape index (κ1) is 13.5. The number of anilines is 2. The van der Waals surface area contributed by atoms with Gasteiger partial charge in [0, 0.05) is 16.9 Å². The van der Waals surface area contributed by atoms with Gasteiger partial charge >= 0.3 is 0 Å². The maximum atomic E-state index is 10.00. The van der Waals surface area contributed by atoms with E-state index >= 15 is 0 Å². The fourth-order valence-electron chi connectivity index (χ4n) is 1.85. The lowest BCUT2D eigenvalue weighted by Crippen LogP contribution is -2.22. The van der Waals surface area contributed by atoms with Crippen LogP contribution in [0.25, 0.3) is 0 Å². The van der Waals surface area contributed by atoms with Crippen LogP contribution in [0, 0.1) is 0 Å². The summed E-state index contributed by atoms with van der Waals surface area (Å²) >= 11 is 0.